The number of hydrogen-bond acceptors (Lipinski definition) is 4. The fourth-order valence-electron chi connectivity index (χ4n) is 3.08. The molecule has 140 valence electrons. The quantitative estimate of drug-likeness (QED) is 0.395. The number of aliphatic imine (C=N–C) groups is 1. The normalized spacial score (nSPS) is 19.6. The summed E-state index contributed by atoms with van der Waals surface area (Å²) >= 11 is 7.99. The van der Waals surface area contributed by atoms with E-state index in [1.165, 1.54) is 30.3 Å². The van der Waals surface area contributed by atoms with E-state index >= 15 is 0 Å². The summed E-state index contributed by atoms with van der Waals surface area (Å²) in [6, 6.07) is 8.04. The summed E-state index contributed by atoms with van der Waals surface area (Å²) in [6.45, 7) is 7.93. The third-order valence-corrected chi connectivity index (χ3v) is 5.78. The van der Waals surface area contributed by atoms with Crippen LogP contribution in [0.3, 0.4) is 0 Å². The summed E-state index contributed by atoms with van der Waals surface area (Å²) < 4.78 is 0. The second-order valence-electron chi connectivity index (χ2n) is 6.14. The van der Waals surface area contributed by atoms with Crippen molar-refractivity contribution >= 4 is 59.0 Å². The van der Waals surface area contributed by atoms with Gasteiger partial charge < -0.3 is 15.5 Å². The van der Waals surface area contributed by atoms with Crippen molar-refractivity contribution in [2.75, 3.05) is 68.8 Å². The monoisotopic (exact) mass is 495 g/mol. The van der Waals surface area contributed by atoms with Crippen molar-refractivity contribution in [2.24, 2.45) is 10.7 Å². The third kappa shape index (κ3) is 6.37. The largest absolute Gasteiger partial charge is 0.370 e. The van der Waals surface area contributed by atoms with Gasteiger partial charge in [0.05, 0.1) is 6.54 Å². The number of thioether (sulfide) groups is 1. The Labute approximate surface area is 177 Å². The maximum Gasteiger partial charge on any atom is 0.191 e. The first-order valence-corrected chi connectivity index (χ1v) is 10.1. The number of nitrogens with zero attached hydrogens (tertiary/aromatic N) is 4. The number of rotatable bonds is 4. The van der Waals surface area contributed by atoms with Gasteiger partial charge in [-0.3, -0.25) is 9.89 Å². The second kappa shape index (κ2) is 10.7. The number of anilines is 1. The van der Waals surface area contributed by atoms with Crippen LogP contribution in [0, 0.1) is 0 Å². The maximum absolute atomic E-state index is 6.19. The van der Waals surface area contributed by atoms with Crippen LogP contribution in [0.15, 0.2) is 29.3 Å². The average Bonchev–Trinajstić information content (AvgIpc) is 2.63. The zero-order chi connectivity index (χ0) is 16.8. The predicted molar refractivity (Wildman–Crippen MR) is 121 cm³/mol. The van der Waals surface area contributed by atoms with Gasteiger partial charge in [0.1, 0.15) is 0 Å². The average molecular weight is 496 g/mol. The van der Waals surface area contributed by atoms with Gasteiger partial charge in [-0.05, 0) is 24.3 Å². The lowest BCUT2D eigenvalue weighted by molar-refractivity contribution is 0.310. The molecule has 1 aromatic carbocycles. The Hall–Kier alpha value is -0.380. The SMILES string of the molecule is I.NC(=NCCN1CCSCC1)N1CCN(c2ccc(Cl)cc2)CC1. The molecule has 5 nitrogen and oxygen atoms in total. The molecule has 2 heterocycles. The summed E-state index contributed by atoms with van der Waals surface area (Å²) in [5.74, 6) is 3.18. The molecule has 2 N–H and O–H groups in total. The van der Waals surface area contributed by atoms with Crippen molar-refractivity contribution < 1.29 is 0 Å². The van der Waals surface area contributed by atoms with Crippen LogP contribution in [0.1, 0.15) is 0 Å². The molecule has 0 radical (unpaired) electrons. The van der Waals surface area contributed by atoms with Gasteiger partial charge in [-0.25, -0.2) is 0 Å². The molecule has 0 bridgehead atoms. The molecule has 2 fully saturated rings. The van der Waals surface area contributed by atoms with E-state index < -0.39 is 0 Å². The highest BCUT2D eigenvalue weighted by Crippen LogP contribution is 2.19. The Morgan fingerprint density at radius 1 is 1.04 bits per heavy atom. The van der Waals surface area contributed by atoms with Gasteiger partial charge in [0.15, 0.2) is 5.96 Å². The highest BCUT2D eigenvalue weighted by Gasteiger charge is 2.18. The Morgan fingerprint density at radius 2 is 1.68 bits per heavy atom. The predicted octanol–water partition coefficient (Wildman–Crippen LogP) is 2.44. The molecule has 0 aromatic heterocycles. The van der Waals surface area contributed by atoms with Crippen LogP contribution in [-0.2, 0) is 0 Å². The molecule has 2 saturated heterocycles. The van der Waals surface area contributed by atoms with Gasteiger partial charge in [-0.2, -0.15) is 11.8 Å². The summed E-state index contributed by atoms with van der Waals surface area (Å²) in [5, 5.41) is 0.779. The highest BCUT2D eigenvalue weighted by atomic mass is 127. The standard InChI is InChI=1S/C17H26ClN5S.HI/c18-15-1-3-16(4-2-15)22-7-9-23(10-8-22)17(19)20-5-6-21-11-13-24-14-12-21;/h1-4H,5-14H2,(H2,19,20);1H. The number of guanidine groups is 1. The molecular formula is C17H27ClIN5S. The van der Waals surface area contributed by atoms with Crippen LogP contribution < -0.4 is 10.6 Å². The molecule has 1 aromatic rings. The molecule has 0 unspecified atom stereocenters. The summed E-state index contributed by atoms with van der Waals surface area (Å²) in [5.41, 5.74) is 7.41. The van der Waals surface area contributed by atoms with E-state index in [1.807, 2.05) is 23.9 Å². The van der Waals surface area contributed by atoms with E-state index in [0.717, 1.165) is 44.3 Å². The van der Waals surface area contributed by atoms with Crippen molar-refractivity contribution in [3.05, 3.63) is 29.3 Å². The summed E-state index contributed by atoms with van der Waals surface area (Å²) in [7, 11) is 0. The van der Waals surface area contributed by atoms with E-state index in [1.54, 1.807) is 0 Å². The van der Waals surface area contributed by atoms with Crippen LogP contribution in [0.5, 0.6) is 0 Å². The van der Waals surface area contributed by atoms with E-state index in [9.17, 15) is 0 Å². The number of piperazine rings is 1. The molecular weight excluding hydrogens is 469 g/mol. The van der Waals surface area contributed by atoms with Crippen molar-refractivity contribution in [2.45, 2.75) is 0 Å². The van der Waals surface area contributed by atoms with E-state index in [-0.39, 0.29) is 24.0 Å². The highest BCUT2D eigenvalue weighted by molar-refractivity contribution is 14.0. The minimum atomic E-state index is 0. The first-order chi connectivity index (χ1) is 11.7. The number of halogens is 2. The van der Waals surface area contributed by atoms with Crippen LogP contribution in [0.2, 0.25) is 5.02 Å². The Bertz CT molecular complexity index is 542. The summed E-state index contributed by atoms with van der Waals surface area (Å²) in [4.78, 5) is 11.6. The van der Waals surface area contributed by atoms with Crippen molar-refractivity contribution in [3.63, 3.8) is 0 Å². The zero-order valence-corrected chi connectivity index (χ0v) is 18.3. The first kappa shape index (κ1) is 20.9. The molecule has 25 heavy (non-hydrogen) atoms. The number of hydrogen-bond donors (Lipinski definition) is 1. The fraction of sp³-hybridized carbons (Fsp3) is 0.588. The molecule has 2 aliphatic heterocycles. The number of benzene rings is 1. The second-order valence-corrected chi connectivity index (χ2v) is 7.81. The van der Waals surface area contributed by atoms with Crippen molar-refractivity contribution in [1.82, 2.24) is 9.80 Å². The van der Waals surface area contributed by atoms with Crippen molar-refractivity contribution in [3.8, 4) is 0 Å². The fourth-order valence-corrected chi connectivity index (χ4v) is 4.18. The lowest BCUT2D eigenvalue weighted by atomic mass is 10.2. The molecule has 8 heteroatoms. The van der Waals surface area contributed by atoms with Crippen LogP contribution in [0.4, 0.5) is 5.69 Å². The van der Waals surface area contributed by atoms with E-state index in [0.29, 0.717) is 5.96 Å². The van der Waals surface area contributed by atoms with Crippen LogP contribution in [0.25, 0.3) is 0 Å². The Kier molecular flexibility index (Phi) is 8.95. The number of nitrogens with two attached hydrogens (primary N) is 1. The van der Waals surface area contributed by atoms with Gasteiger partial charge in [-0.15, -0.1) is 24.0 Å². The van der Waals surface area contributed by atoms with E-state index in [4.69, 9.17) is 17.3 Å². The van der Waals surface area contributed by atoms with Crippen LogP contribution >= 0.6 is 47.3 Å². The lowest BCUT2D eigenvalue weighted by Gasteiger charge is -2.36. The molecule has 0 amide bonds. The van der Waals surface area contributed by atoms with Gasteiger partial charge in [0.2, 0.25) is 0 Å². The smallest absolute Gasteiger partial charge is 0.191 e. The van der Waals surface area contributed by atoms with Crippen LogP contribution in [-0.4, -0.2) is 79.6 Å². The molecule has 3 rings (SSSR count). The molecule has 0 spiro atoms. The molecule has 0 saturated carbocycles. The molecule has 2 aliphatic rings. The maximum atomic E-state index is 6.19. The molecule has 0 aliphatic carbocycles. The minimum absolute atomic E-state index is 0. The topological polar surface area (TPSA) is 48.1 Å². The minimum Gasteiger partial charge on any atom is -0.370 e. The van der Waals surface area contributed by atoms with Gasteiger partial charge in [-0.1, -0.05) is 11.6 Å². The lowest BCUT2D eigenvalue weighted by Crippen LogP contribution is -2.51. The van der Waals surface area contributed by atoms with Gasteiger partial charge in [0.25, 0.3) is 0 Å². The zero-order valence-electron chi connectivity index (χ0n) is 14.4. The molecule has 0 atom stereocenters. The van der Waals surface area contributed by atoms with Gasteiger partial charge in [0, 0.05) is 68.0 Å². The summed E-state index contributed by atoms with van der Waals surface area (Å²) in [6.07, 6.45) is 0. The first-order valence-electron chi connectivity index (χ1n) is 8.58. The van der Waals surface area contributed by atoms with E-state index in [2.05, 4.69) is 31.8 Å². The van der Waals surface area contributed by atoms with Gasteiger partial charge >= 0.3 is 0 Å². The Balaban J connectivity index is 0.00000225. The van der Waals surface area contributed by atoms with Crippen molar-refractivity contribution in [1.29, 1.82) is 0 Å². The third-order valence-electron chi connectivity index (χ3n) is 4.59. The Morgan fingerprint density at radius 3 is 2.32 bits per heavy atom.